The smallest absolute Gasteiger partial charge is 0.251 e. The fraction of sp³-hybridized carbons (Fsp3) is 0.556. The molecule has 0 saturated carbocycles. The molecule has 3 rings (SSSR count). The molecule has 0 aromatic heterocycles. The van der Waals surface area contributed by atoms with Gasteiger partial charge in [-0.25, -0.2) is 0 Å². The van der Waals surface area contributed by atoms with Gasteiger partial charge in [-0.05, 0) is 43.9 Å². The molecule has 2 aliphatic rings. The zero-order chi connectivity index (χ0) is 16.9. The van der Waals surface area contributed by atoms with Crippen molar-refractivity contribution in [1.29, 1.82) is 0 Å². The Kier molecular flexibility index (Phi) is 5.74. The van der Waals surface area contributed by atoms with E-state index in [0.717, 1.165) is 51.9 Å². The number of carbonyl (C=O) groups is 2. The highest BCUT2D eigenvalue weighted by molar-refractivity contribution is 6.30. The lowest BCUT2D eigenvalue weighted by molar-refractivity contribution is -0.131. The standard InChI is InChI=1S/C18H24ClN3O2/c19-15-5-3-4-14(12-15)18(24)20-16-6-10-21(11-7-16)13-17(23)22-8-1-2-9-22/h3-5,12,16H,1-2,6-11,13H2,(H,20,24). The highest BCUT2D eigenvalue weighted by Gasteiger charge is 2.25. The largest absolute Gasteiger partial charge is 0.349 e. The maximum Gasteiger partial charge on any atom is 0.251 e. The van der Waals surface area contributed by atoms with Gasteiger partial charge in [-0.3, -0.25) is 14.5 Å². The number of likely N-dealkylation sites (tertiary alicyclic amines) is 2. The second-order valence-corrected chi connectivity index (χ2v) is 7.06. The maximum atomic E-state index is 12.3. The molecule has 0 atom stereocenters. The lowest BCUT2D eigenvalue weighted by atomic mass is 10.0. The summed E-state index contributed by atoms with van der Waals surface area (Å²) in [5.41, 5.74) is 0.592. The number of rotatable bonds is 4. The second-order valence-electron chi connectivity index (χ2n) is 6.62. The number of amides is 2. The van der Waals surface area contributed by atoms with E-state index >= 15 is 0 Å². The van der Waals surface area contributed by atoms with E-state index in [-0.39, 0.29) is 17.9 Å². The Hall–Kier alpha value is -1.59. The van der Waals surface area contributed by atoms with Crippen LogP contribution in [-0.4, -0.2) is 60.4 Å². The molecule has 24 heavy (non-hydrogen) atoms. The van der Waals surface area contributed by atoms with Crippen LogP contribution in [0.4, 0.5) is 0 Å². The Bertz CT molecular complexity index is 594. The van der Waals surface area contributed by atoms with Gasteiger partial charge in [-0.2, -0.15) is 0 Å². The Balaban J connectivity index is 1.43. The summed E-state index contributed by atoms with van der Waals surface area (Å²) >= 11 is 5.93. The van der Waals surface area contributed by atoms with Crippen LogP contribution in [0.1, 0.15) is 36.0 Å². The third kappa shape index (κ3) is 4.48. The molecule has 2 amide bonds. The minimum atomic E-state index is -0.0795. The summed E-state index contributed by atoms with van der Waals surface area (Å²) in [5.74, 6) is 0.165. The average Bonchev–Trinajstić information content (AvgIpc) is 3.11. The molecule has 0 bridgehead atoms. The van der Waals surface area contributed by atoms with Crippen molar-refractivity contribution in [2.24, 2.45) is 0 Å². The summed E-state index contributed by atoms with van der Waals surface area (Å²) in [6, 6.07) is 7.15. The van der Waals surface area contributed by atoms with E-state index in [1.165, 1.54) is 0 Å². The van der Waals surface area contributed by atoms with Crippen LogP contribution in [0.3, 0.4) is 0 Å². The van der Waals surface area contributed by atoms with Crippen LogP contribution < -0.4 is 5.32 Å². The Labute approximate surface area is 147 Å². The van der Waals surface area contributed by atoms with Crippen molar-refractivity contribution in [2.45, 2.75) is 31.7 Å². The molecular weight excluding hydrogens is 326 g/mol. The Morgan fingerprint density at radius 2 is 1.83 bits per heavy atom. The zero-order valence-corrected chi connectivity index (χ0v) is 14.6. The van der Waals surface area contributed by atoms with Crippen LogP contribution in [-0.2, 0) is 4.79 Å². The van der Waals surface area contributed by atoms with E-state index in [4.69, 9.17) is 11.6 Å². The summed E-state index contributed by atoms with van der Waals surface area (Å²) < 4.78 is 0. The van der Waals surface area contributed by atoms with Gasteiger partial charge < -0.3 is 10.2 Å². The van der Waals surface area contributed by atoms with Gasteiger partial charge in [0.25, 0.3) is 5.91 Å². The van der Waals surface area contributed by atoms with Crippen molar-refractivity contribution >= 4 is 23.4 Å². The zero-order valence-electron chi connectivity index (χ0n) is 13.8. The molecule has 0 radical (unpaired) electrons. The third-order valence-corrected chi connectivity index (χ3v) is 5.06. The van der Waals surface area contributed by atoms with Gasteiger partial charge in [0.05, 0.1) is 6.54 Å². The number of nitrogens with zero attached hydrogens (tertiary/aromatic N) is 2. The first kappa shape index (κ1) is 17.2. The SMILES string of the molecule is O=C(NC1CCN(CC(=O)N2CCCC2)CC1)c1cccc(Cl)c1. The summed E-state index contributed by atoms with van der Waals surface area (Å²) in [4.78, 5) is 28.6. The number of benzene rings is 1. The van der Waals surface area contributed by atoms with Crippen LogP contribution in [0.2, 0.25) is 5.02 Å². The topological polar surface area (TPSA) is 52.7 Å². The molecule has 2 fully saturated rings. The molecule has 0 aliphatic carbocycles. The van der Waals surface area contributed by atoms with E-state index in [1.807, 2.05) is 4.90 Å². The molecular formula is C18H24ClN3O2. The molecule has 2 heterocycles. The van der Waals surface area contributed by atoms with Crippen molar-refractivity contribution in [1.82, 2.24) is 15.1 Å². The predicted molar refractivity (Wildman–Crippen MR) is 94.2 cm³/mol. The summed E-state index contributed by atoms with van der Waals surface area (Å²) in [7, 11) is 0. The van der Waals surface area contributed by atoms with Crippen molar-refractivity contribution < 1.29 is 9.59 Å². The van der Waals surface area contributed by atoms with Gasteiger partial charge in [0.2, 0.25) is 5.91 Å². The van der Waals surface area contributed by atoms with Crippen molar-refractivity contribution in [3.63, 3.8) is 0 Å². The number of hydrogen-bond donors (Lipinski definition) is 1. The molecule has 0 spiro atoms. The Morgan fingerprint density at radius 1 is 1.12 bits per heavy atom. The average molecular weight is 350 g/mol. The Morgan fingerprint density at radius 3 is 2.50 bits per heavy atom. The molecule has 130 valence electrons. The highest BCUT2D eigenvalue weighted by atomic mass is 35.5. The van der Waals surface area contributed by atoms with E-state index < -0.39 is 0 Å². The number of halogens is 1. The van der Waals surface area contributed by atoms with Gasteiger partial charge >= 0.3 is 0 Å². The van der Waals surface area contributed by atoms with Crippen LogP contribution >= 0.6 is 11.6 Å². The molecule has 5 nitrogen and oxygen atoms in total. The van der Waals surface area contributed by atoms with Gasteiger partial charge in [0.15, 0.2) is 0 Å². The molecule has 1 aromatic carbocycles. The van der Waals surface area contributed by atoms with E-state index in [2.05, 4.69) is 10.2 Å². The van der Waals surface area contributed by atoms with Gasteiger partial charge in [0, 0.05) is 42.8 Å². The fourth-order valence-corrected chi connectivity index (χ4v) is 3.58. The highest BCUT2D eigenvalue weighted by Crippen LogP contribution is 2.15. The first-order chi connectivity index (χ1) is 11.6. The monoisotopic (exact) mass is 349 g/mol. The van der Waals surface area contributed by atoms with Crippen molar-refractivity contribution in [3.8, 4) is 0 Å². The molecule has 0 unspecified atom stereocenters. The summed E-state index contributed by atoms with van der Waals surface area (Å²) in [6.45, 7) is 4.02. The molecule has 6 heteroatoms. The summed E-state index contributed by atoms with van der Waals surface area (Å²) in [5, 5.41) is 3.64. The van der Waals surface area contributed by atoms with Crippen molar-refractivity contribution in [3.05, 3.63) is 34.9 Å². The maximum absolute atomic E-state index is 12.3. The first-order valence-electron chi connectivity index (χ1n) is 8.68. The van der Waals surface area contributed by atoms with Crippen LogP contribution in [0.5, 0.6) is 0 Å². The predicted octanol–water partition coefficient (Wildman–Crippen LogP) is 2.16. The summed E-state index contributed by atoms with van der Waals surface area (Å²) in [6.07, 6.45) is 4.01. The van der Waals surface area contributed by atoms with Gasteiger partial charge in [0.1, 0.15) is 0 Å². The molecule has 2 aliphatic heterocycles. The normalized spacial score (nSPS) is 19.5. The number of piperidine rings is 1. The number of carbonyl (C=O) groups excluding carboxylic acids is 2. The molecule has 1 aromatic rings. The number of nitrogens with one attached hydrogen (secondary N) is 1. The van der Waals surface area contributed by atoms with Crippen LogP contribution in [0, 0.1) is 0 Å². The minimum Gasteiger partial charge on any atom is -0.349 e. The van der Waals surface area contributed by atoms with Crippen LogP contribution in [0.25, 0.3) is 0 Å². The third-order valence-electron chi connectivity index (χ3n) is 4.83. The van der Waals surface area contributed by atoms with Crippen LogP contribution in [0.15, 0.2) is 24.3 Å². The van der Waals surface area contributed by atoms with Crippen molar-refractivity contribution in [2.75, 3.05) is 32.7 Å². The fourth-order valence-electron chi connectivity index (χ4n) is 3.39. The minimum absolute atomic E-state index is 0.0795. The van der Waals surface area contributed by atoms with E-state index in [9.17, 15) is 9.59 Å². The van der Waals surface area contributed by atoms with Gasteiger partial charge in [-0.1, -0.05) is 17.7 Å². The van der Waals surface area contributed by atoms with E-state index in [0.29, 0.717) is 17.1 Å². The van der Waals surface area contributed by atoms with E-state index in [1.54, 1.807) is 24.3 Å². The number of hydrogen-bond acceptors (Lipinski definition) is 3. The quantitative estimate of drug-likeness (QED) is 0.906. The molecule has 1 N–H and O–H groups in total. The second kappa shape index (κ2) is 7.99. The lowest BCUT2D eigenvalue weighted by Gasteiger charge is -2.32. The van der Waals surface area contributed by atoms with Gasteiger partial charge in [-0.15, -0.1) is 0 Å². The first-order valence-corrected chi connectivity index (χ1v) is 9.06. The lowest BCUT2D eigenvalue weighted by Crippen LogP contribution is -2.47. The molecule has 2 saturated heterocycles.